The Kier molecular flexibility index (Phi) is 5.23. The van der Waals surface area contributed by atoms with Crippen LogP contribution in [0.4, 0.5) is 0 Å². The Morgan fingerprint density at radius 3 is 2.39 bits per heavy atom. The molecule has 1 amide bonds. The number of hydrogen-bond acceptors (Lipinski definition) is 5. The summed E-state index contributed by atoms with van der Waals surface area (Å²) >= 11 is 0. The van der Waals surface area contributed by atoms with Crippen molar-refractivity contribution in [2.45, 2.75) is 57.3 Å². The van der Waals surface area contributed by atoms with Gasteiger partial charge in [-0.3, -0.25) is 4.79 Å². The first kappa shape index (κ1) is 19.1. The molecule has 0 saturated carbocycles. The molecule has 0 unspecified atom stereocenters. The summed E-state index contributed by atoms with van der Waals surface area (Å²) in [4.78, 5) is 19.4. The molecule has 2 aliphatic heterocycles. The number of hydrogen-bond donors (Lipinski definition) is 0. The molecule has 3 heterocycles. The summed E-state index contributed by atoms with van der Waals surface area (Å²) in [5, 5.41) is 4.16. The summed E-state index contributed by atoms with van der Waals surface area (Å²) in [6.07, 6.45) is 2.67. The third-order valence-electron chi connectivity index (χ3n) is 5.88. The molecule has 2 fully saturated rings. The van der Waals surface area contributed by atoms with E-state index in [0.29, 0.717) is 12.5 Å². The predicted molar refractivity (Wildman–Crippen MR) is 105 cm³/mol. The lowest BCUT2D eigenvalue weighted by Crippen LogP contribution is -2.38. The van der Waals surface area contributed by atoms with Gasteiger partial charge in [-0.2, -0.15) is 4.98 Å². The Morgan fingerprint density at radius 2 is 1.79 bits per heavy atom. The van der Waals surface area contributed by atoms with Crippen molar-refractivity contribution < 1.29 is 14.1 Å². The number of aromatic nitrogens is 2. The van der Waals surface area contributed by atoms with Crippen molar-refractivity contribution in [2.75, 3.05) is 26.3 Å². The molecule has 1 atom stereocenters. The second-order valence-corrected chi connectivity index (χ2v) is 8.95. The SMILES string of the molecule is CC(C)(C)c1ccc(C(=O)N2CCC(c3nc([C@H]4CCOC4)no3)CC2)cc1. The molecule has 0 radical (unpaired) electrons. The fourth-order valence-corrected chi connectivity index (χ4v) is 3.94. The van der Waals surface area contributed by atoms with Gasteiger partial charge in [0.1, 0.15) is 0 Å². The van der Waals surface area contributed by atoms with E-state index in [9.17, 15) is 4.79 Å². The molecule has 28 heavy (non-hydrogen) atoms. The zero-order valence-corrected chi connectivity index (χ0v) is 17.0. The van der Waals surface area contributed by atoms with Crippen LogP contribution in [-0.4, -0.2) is 47.3 Å². The molecule has 6 nitrogen and oxygen atoms in total. The van der Waals surface area contributed by atoms with Crippen LogP contribution in [-0.2, 0) is 10.2 Å². The number of rotatable bonds is 3. The van der Waals surface area contributed by atoms with Crippen LogP contribution < -0.4 is 0 Å². The van der Waals surface area contributed by atoms with Gasteiger partial charge in [0.25, 0.3) is 5.91 Å². The van der Waals surface area contributed by atoms with Crippen molar-refractivity contribution in [3.63, 3.8) is 0 Å². The van der Waals surface area contributed by atoms with E-state index in [2.05, 4.69) is 43.0 Å². The highest BCUT2D eigenvalue weighted by Gasteiger charge is 2.30. The third-order valence-corrected chi connectivity index (χ3v) is 5.88. The summed E-state index contributed by atoms with van der Waals surface area (Å²) < 4.78 is 10.9. The minimum atomic E-state index is 0.0907. The minimum absolute atomic E-state index is 0.0907. The average Bonchev–Trinajstić information content (AvgIpc) is 3.38. The molecule has 0 spiro atoms. The molecule has 1 aromatic heterocycles. The van der Waals surface area contributed by atoms with Gasteiger partial charge in [0.15, 0.2) is 5.82 Å². The molecule has 4 rings (SSSR count). The summed E-state index contributed by atoms with van der Waals surface area (Å²) in [5.74, 6) is 2.08. The highest BCUT2D eigenvalue weighted by atomic mass is 16.5. The largest absolute Gasteiger partial charge is 0.381 e. The monoisotopic (exact) mass is 383 g/mol. The highest BCUT2D eigenvalue weighted by Crippen LogP contribution is 2.30. The van der Waals surface area contributed by atoms with Crippen LogP contribution in [0.3, 0.4) is 0 Å². The van der Waals surface area contributed by atoms with Gasteiger partial charge in [0.2, 0.25) is 5.89 Å². The lowest BCUT2D eigenvalue weighted by molar-refractivity contribution is 0.0704. The van der Waals surface area contributed by atoms with E-state index in [1.807, 2.05) is 17.0 Å². The van der Waals surface area contributed by atoms with Crippen molar-refractivity contribution in [3.8, 4) is 0 Å². The molecule has 0 N–H and O–H groups in total. The van der Waals surface area contributed by atoms with Crippen LogP contribution in [0.2, 0.25) is 0 Å². The van der Waals surface area contributed by atoms with E-state index in [1.165, 1.54) is 5.56 Å². The number of piperidine rings is 1. The van der Waals surface area contributed by atoms with E-state index in [1.54, 1.807) is 0 Å². The first-order valence-electron chi connectivity index (χ1n) is 10.2. The molecular weight excluding hydrogens is 354 g/mol. The van der Waals surface area contributed by atoms with Crippen molar-refractivity contribution in [1.29, 1.82) is 0 Å². The number of nitrogens with zero attached hydrogens (tertiary/aromatic N) is 3. The lowest BCUT2D eigenvalue weighted by atomic mass is 9.86. The van der Waals surface area contributed by atoms with Crippen LogP contribution in [0.5, 0.6) is 0 Å². The fraction of sp³-hybridized carbons (Fsp3) is 0.591. The molecule has 0 aliphatic carbocycles. The Morgan fingerprint density at radius 1 is 1.07 bits per heavy atom. The fourth-order valence-electron chi connectivity index (χ4n) is 3.94. The lowest BCUT2D eigenvalue weighted by Gasteiger charge is -2.30. The number of likely N-dealkylation sites (tertiary alicyclic amines) is 1. The number of carbonyl (C=O) groups is 1. The maximum absolute atomic E-state index is 12.8. The van der Waals surface area contributed by atoms with Gasteiger partial charge < -0.3 is 14.2 Å². The van der Waals surface area contributed by atoms with Gasteiger partial charge in [-0.25, -0.2) is 0 Å². The maximum Gasteiger partial charge on any atom is 0.253 e. The number of ether oxygens (including phenoxy) is 1. The van der Waals surface area contributed by atoms with Gasteiger partial charge in [-0.1, -0.05) is 38.1 Å². The Labute approximate surface area is 166 Å². The summed E-state index contributed by atoms with van der Waals surface area (Å²) in [7, 11) is 0. The summed E-state index contributed by atoms with van der Waals surface area (Å²) in [6.45, 7) is 9.42. The average molecular weight is 383 g/mol. The van der Waals surface area contributed by atoms with Crippen molar-refractivity contribution in [2.24, 2.45) is 0 Å². The molecule has 0 bridgehead atoms. The molecule has 150 valence electrons. The van der Waals surface area contributed by atoms with Crippen molar-refractivity contribution >= 4 is 5.91 Å². The standard InChI is InChI=1S/C22H29N3O3/c1-22(2,3)18-6-4-16(5-7-18)21(26)25-11-8-15(9-12-25)20-23-19(24-28-20)17-10-13-27-14-17/h4-7,15,17H,8-14H2,1-3H3/t17-/m0/s1. The van der Waals surface area contributed by atoms with Crippen LogP contribution in [0.1, 0.15) is 79.5 Å². The van der Waals surface area contributed by atoms with Crippen LogP contribution in [0.15, 0.2) is 28.8 Å². The van der Waals surface area contributed by atoms with Gasteiger partial charge in [0.05, 0.1) is 6.61 Å². The molecule has 6 heteroatoms. The van der Waals surface area contributed by atoms with Gasteiger partial charge in [-0.05, 0) is 42.4 Å². The first-order valence-corrected chi connectivity index (χ1v) is 10.2. The van der Waals surface area contributed by atoms with E-state index in [0.717, 1.165) is 50.3 Å². The summed E-state index contributed by atoms with van der Waals surface area (Å²) in [6, 6.07) is 8.02. The van der Waals surface area contributed by atoms with Gasteiger partial charge in [-0.15, -0.1) is 0 Å². The second-order valence-electron chi connectivity index (χ2n) is 8.95. The van der Waals surface area contributed by atoms with E-state index >= 15 is 0 Å². The molecular formula is C22H29N3O3. The number of carbonyl (C=O) groups excluding carboxylic acids is 1. The Hall–Kier alpha value is -2.21. The quantitative estimate of drug-likeness (QED) is 0.804. The number of benzene rings is 1. The van der Waals surface area contributed by atoms with Gasteiger partial charge in [0, 0.05) is 37.1 Å². The topological polar surface area (TPSA) is 68.5 Å². The molecule has 2 aliphatic rings. The van der Waals surface area contributed by atoms with E-state index in [-0.39, 0.29) is 23.2 Å². The normalized spacial score (nSPS) is 21.2. The van der Waals surface area contributed by atoms with Crippen LogP contribution in [0.25, 0.3) is 0 Å². The first-order chi connectivity index (χ1) is 13.4. The second kappa shape index (κ2) is 7.66. The third kappa shape index (κ3) is 3.97. The zero-order valence-electron chi connectivity index (χ0n) is 17.0. The van der Waals surface area contributed by atoms with Crippen LogP contribution >= 0.6 is 0 Å². The van der Waals surface area contributed by atoms with E-state index in [4.69, 9.17) is 9.26 Å². The Bertz CT molecular complexity index is 808. The summed E-state index contributed by atoms with van der Waals surface area (Å²) in [5.41, 5.74) is 2.09. The van der Waals surface area contributed by atoms with Crippen LogP contribution in [0, 0.1) is 0 Å². The highest BCUT2D eigenvalue weighted by molar-refractivity contribution is 5.94. The predicted octanol–water partition coefficient (Wildman–Crippen LogP) is 3.89. The zero-order chi connectivity index (χ0) is 19.7. The van der Waals surface area contributed by atoms with Crippen molar-refractivity contribution in [1.82, 2.24) is 15.0 Å². The van der Waals surface area contributed by atoms with Gasteiger partial charge >= 0.3 is 0 Å². The van der Waals surface area contributed by atoms with Crippen molar-refractivity contribution in [3.05, 3.63) is 47.1 Å². The number of amides is 1. The minimum Gasteiger partial charge on any atom is -0.381 e. The molecule has 1 aromatic carbocycles. The molecule has 2 saturated heterocycles. The Balaban J connectivity index is 1.35. The smallest absolute Gasteiger partial charge is 0.253 e. The maximum atomic E-state index is 12.8. The van der Waals surface area contributed by atoms with E-state index < -0.39 is 0 Å². The molecule has 2 aromatic rings.